The maximum atomic E-state index is 12.6. The Morgan fingerprint density at radius 3 is 2.84 bits per heavy atom. The van der Waals surface area contributed by atoms with Crippen LogP contribution in [0.2, 0.25) is 0 Å². The molecule has 1 aliphatic rings. The van der Waals surface area contributed by atoms with Crippen LogP contribution in [0.1, 0.15) is 31.1 Å². The van der Waals surface area contributed by atoms with Gasteiger partial charge >= 0.3 is 0 Å². The van der Waals surface area contributed by atoms with Crippen molar-refractivity contribution in [3.05, 3.63) is 29.8 Å². The van der Waals surface area contributed by atoms with Crippen molar-refractivity contribution in [3.8, 4) is 0 Å². The van der Waals surface area contributed by atoms with Crippen molar-refractivity contribution in [2.24, 2.45) is 0 Å². The van der Waals surface area contributed by atoms with E-state index in [4.69, 9.17) is 4.74 Å². The van der Waals surface area contributed by atoms with E-state index in [9.17, 15) is 4.79 Å². The molecule has 1 saturated heterocycles. The normalized spacial score (nSPS) is 19.6. The minimum absolute atomic E-state index is 0.0829. The lowest BCUT2D eigenvalue weighted by atomic mass is 10.1. The van der Waals surface area contributed by atoms with Crippen LogP contribution in [0.15, 0.2) is 24.3 Å². The molecule has 1 aliphatic heterocycles. The molecule has 19 heavy (non-hydrogen) atoms. The molecule has 1 aromatic rings. The highest BCUT2D eigenvalue weighted by Crippen LogP contribution is 2.20. The first kappa shape index (κ1) is 13.9. The van der Waals surface area contributed by atoms with Crippen molar-refractivity contribution in [1.29, 1.82) is 0 Å². The molecule has 0 bridgehead atoms. The van der Waals surface area contributed by atoms with Gasteiger partial charge in [0.15, 0.2) is 0 Å². The molecule has 1 heterocycles. The number of nitrogens with one attached hydrogen (secondary N) is 1. The number of carbonyl (C=O) groups is 1. The van der Waals surface area contributed by atoms with Crippen molar-refractivity contribution in [3.63, 3.8) is 0 Å². The van der Waals surface area contributed by atoms with Gasteiger partial charge in [0.1, 0.15) is 0 Å². The van der Waals surface area contributed by atoms with Gasteiger partial charge in [-0.05, 0) is 32.9 Å². The van der Waals surface area contributed by atoms with Crippen molar-refractivity contribution in [2.45, 2.75) is 32.9 Å². The molecule has 0 spiro atoms. The number of hydrogen-bond acceptors (Lipinski definition) is 3. The number of para-hydroxylation sites is 1. The van der Waals surface area contributed by atoms with Crippen LogP contribution >= 0.6 is 0 Å². The third-order valence-electron chi connectivity index (χ3n) is 3.23. The van der Waals surface area contributed by atoms with Crippen LogP contribution in [0.5, 0.6) is 0 Å². The zero-order valence-corrected chi connectivity index (χ0v) is 11.8. The van der Waals surface area contributed by atoms with Gasteiger partial charge in [0.05, 0.1) is 24.8 Å². The number of ether oxygens (including phenoxy) is 1. The van der Waals surface area contributed by atoms with E-state index < -0.39 is 0 Å². The first-order chi connectivity index (χ1) is 9.09. The van der Waals surface area contributed by atoms with Crippen LogP contribution in [0, 0.1) is 0 Å². The van der Waals surface area contributed by atoms with E-state index in [2.05, 4.69) is 19.2 Å². The summed E-state index contributed by atoms with van der Waals surface area (Å²) in [7, 11) is 0. The Hall–Kier alpha value is -1.55. The quantitative estimate of drug-likeness (QED) is 0.909. The van der Waals surface area contributed by atoms with E-state index in [0.717, 1.165) is 11.3 Å². The first-order valence-electron chi connectivity index (χ1n) is 6.84. The van der Waals surface area contributed by atoms with Crippen molar-refractivity contribution in [2.75, 3.05) is 25.1 Å². The average molecular weight is 262 g/mol. The lowest BCUT2D eigenvalue weighted by Gasteiger charge is -2.34. The lowest BCUT2D eigenvalue weighted by Crippen LogP contribution is -2.47. The zero-order valence-electron chi connectivity index (χ0n) is 11.8. The van der Waals surface area contributed by atoms with Crippen LogP contribution in [0.25, 0.3) is 0 Å². The molecule has 4 nitrogen and oxygen atoms in total. The van der Waals surface area contributed by atoms with E-state index in [1.807, 2.05) is 36.1 Å². The number of nitrogens with zero attached hydrogens (tertiary/aromatic N) is 1. The maximum absolute atomic E-state index is 12.6. The van der Waals surface area contributed by atoms with Crippen LogP contribution < -0.4 is 5.32 Å². The molecule has 1 unspecified atom stereocenters. The van der Waals surface area contributed by atoms with Crippen LogP contribution in [-0.4, -0.2) is 42.6 Å². The standard InChI is InChI=1S/C15H22N2O2/c1-11(2)16-14-7-5-4-6-13(14)15(18)17-8-9-19-10-12(17)3/h4-7,11-12,16H,8-10H2,1-3H3. The Kier molecular flexibility index (Phi) is 4.43. The summed E-state index contributed by atoms with van der Waals surface area (Å²) in [5.74, 6) is 0.0829. The fraction of sp³-hybridized carbons (Fsp3) is 0.533. The van der Waals surface area contributed by atoms with Gasteiger partial charge in [-0.1, -0.05) is 12.1 Å². The molecule has 0 aromatic heterocycles. The van der Waals surface area contributed by atoms with Crippen LogP contribution in [0.3, 0.4) is 0 Å². The highest BCUT2D eigenvalue weighted by molar-refractivity contribution is 5.99. The second kappa shape index (κ2) is 6.06. The number of hydrogen-bond donors (Lipinski definition) is 1. The number of carbonyl (C=O) groups excluding carboxylic acids is 1. The molecule has 2 rings (SSSR count). The molecule has 0 saturated carbocycles. The van der Waals surface area contributed by atoms with Gasteiger partial charge in [-0.25, -0.2) is 0 Å². The summed E-state index contributed by atoms with van der Waals surface area (Å²) in [4.78, 5) is 14.5. The fourth-order valence-electron chi connectivity index (χ4n) is 2.29. The molecule has 1 atom stereocenters. The number of amides is 1. The molecule has 1 aromatic carbocycles. The van der Waals surface area contributed by atoms with Gasteiger partial charge in [0, 0.05) is 18.3 Å². The monoisotopic (exact) mass is 262 g/mol. The smallest absolute Gasteiger partial charge is 0.256 e. The summed E-state index contributed by atoms with van der Waals surface area (Å²) in [6, 6.07) is 8.13. The Morgan fingerprint density at radius 2 is 2.16 bits per heavy atom. The number of benzene rings is 1. The summed E-state index contributed by atoms with van der Waals surface area (Å²) in [5.41, 5.74) is 1.64. The third kappa shape index (κ3) is 3.26. The van der Waals surface area contributed by atoms with Gasteiger partial charge in [-0.2, -0.15) is 0 Å². The first-order valence-corrected chi connectivity index (χ1v) is 6.84. The summed E-state index contributed by atoms with van der Waals surface area (Å²) >= 11 is 0. The zero-order chi connectivity index (χ0) is 13.8. The molecule has 0 aliphatic carbocycles. The second-order valence-electron chi connectivity index (χ2n) is 5.27. The minimum Gasteiger partial charge on any atom is -0.382 e. The number of morpholine rings is 1. The summed E-state index contributed by atoms with van der Waals surface area (Å²) in [5, 5.41) is 3.33. The van der Waals surface area contributed by atoms with Crippen LogP contribution in [-0.2, 0) is 4.74 Å². The molecule has 1 N–H and O–H groups in total. The predicted molar refractivity (Wildman–Crippen MR) is 76.5 cm³/mol. The molecule has 1 fully saturated rings. The van der Waals surface area contributed by atoms with Gasteiger partial charge in [0.25, 0.3) is 5.91 Å². The highest BCUT2D eigenvalue weighted by atomic mass is 16.5. The molecule has 104 valence electrons. The SMILES string of the molecule is CC(C)Nc1ccccc1C(=O)N1CCOCC1C. The van der Waals surface area contributed by atoms with Crippen molar-refractivity contribution < 1.29 is 9.53 Å². The number of anilines is 1. The van der Waals surface area contributed by atoms with E-state index in [0.29, 0.717) is 25.8 Å². The molecular formula is C15H22N2O2. The second-order valence-corrected chi connectivity index (χ2v) is 5.27. The molecule has 1 amide bonds. The van der Waals surface area contributed by atoms with E-state index >= 15 is 0 Å². The lowest BCUT2D eigenvalue weighted by molar-refractivity contribution is 0.00364. The summed E-state index contributed by atoms with van der Waals surface area (Å²) in [6.45, 7) is 8.06. The Bertz CT molecular complexity index is 446. The summed E-state index contributed by atoms with van der Waals surface area (Å²) in [6.07, 6.45) is 0. The highest BCUT2D eigenvalue weighted by Gasteiger charge is 2.26. The van der Waals surface area contributed by atoms with E-state index in [1.165, 1.54) is 0 Å². The Labute approximate surface area is 114 Å². The van der Waals surface area contributed by atoms with Gasteiger partial charge in [0.2, 0.25) is 0 Å². The topological polar surface area (TPSA) is 41.6 Å². The maximum Gasteiger partial charge on any atom is 0.256 e. The Balaban J connectivity index is 2.22. The third-order valence-corrected chi connectivity index (χ3v) is 3.23. The minimum atomic E-state index is 0.0829. The van der Waals surface area contributed by atoms with Crippen molar-refractivity contribution in [1.82, 2.24) is 4.90 Å². The molecular weight excluding hydrogens is 240 g/mol. The van der Waals surface area contributed by atoms with Crippen LogP contribution in [0.4, 0.5) is 5.69 Å². The van der Waals surface area contributed by atoms with Gasteiger partial charge in [-0.3, -0.25) is 4.79 Å². The summed E-state index contributed by atoms with van der Waals surface area (Å²) < 4.78 is 5.38. The predicted octanol–water partition coefficient (Wildman–Crippen LogP) is 2.37. The van der Waals surface area contributed by atoms with Gasteiger partial charge < -0.3 is 15.0 Å². The molecule has 4 heteroatoms. The molecule has 0 radical (unpaired) electrons. The largest absolute Gasteiger partial charge is 0.382 e. The van der Waals surface area contributed by atoms with E-state index in [-0.39, 0.29) is 11.9 Å². The van der Waals surface area contributed by atoms with Gasteiger partial charge in [-0.15, -0.1) is 0 Å². The Morgan fingerprint density at radius 1 is 1.42 bits per heavy atom. The van der Waals surface area contributed by atoms with Crippen molar-refractivity contribution >= 4 is 11.6 Å². The van der Waals surface area contributed by atoms with E-state index in [1.54, 1.807) is 0 Å². The average Bonchev–Trinajstić information content (AvgIpc) is 2.38. The number of rotatable bonds is 3. The fourth-order valence-corrected chi connectivity index (χ4v) is 2.29.